The van der Waals surface area contributed by atoms with Crippen LogP contribution in [0.3, 0.4) is 0 Å². The Hall–Kier alpha value is -1.15. The maximum absolute atomic E-state index is 12.3. The van der Waals surface area contributed by atoms with Crippen molar-refractivity contribution in [3.8, 4) is 0 Å². The van der Waals surface area contributed by atoms with Gasteiger partial charge in [0.1, 0.15) is 6.10 Å². The summed E-state index contributed by atoms with van der Waals surface area (Å²) < 4.78 is 34.8. The minimum absolute atomic E-state index is 0.234. The first kappa shape index (κ1) is 19.2. The third-order valence-electron chi connectivity index (χ3n) is 4.65. The minimum atomic E-state index is -4.36. The number of rotatable bonds is 7. The molecule has 7 nitrogen and oxygen atoms in total. The van der Waals surface area contributed by atoms with Gasteiger partial charge in [0.25, 0.3) is 10.1 Å². The van der Waals surface area contributed by atoms with E-state index in [1.165, 1.54) is 0 Å². The Kier molecular flexibility index (Phi) is 7.03. The second-order valence-corrected chi connectivity index (χ2v) is 8.38. The van der Waals surface area contributed by atoms with Crippen molar-refractivity contribution in [2.24, 2.45) is 0 Å². The van der Waals surface area contributed by atoms with Gasteiger partial charge >= 0.3 is 11.9 Å². The standard InChI is InChI=1S/C16H26O7S/c17-15(22-12-7-3-1-4-8-12)11-14(16(18)19)24(20,21)23-13-9-5-2-6-10-13/h12-14H,1-11H2,(H,18,19). The summed E-state index contributed by atoms with van der Waals surface area (Å²) in [6.07, 6.45) is 7.02. The molecule has 0 bridgehead atoms. The SMILES string of the molecule is O=C(CC(C(=O)O)S(=O)(=O)OC1CCCCC1)OC1CCCCC1. The quantitative estimate of drug-likeness (QED) is 0.547. The lowest BCUT2D eigenvalue weighted by Crippen LogP contribution is -2.37. The van der Waals surface area contributed by atoms with Crippen molar-refractivity contribution in [3.05, 3.63) is 0 Å². The van der Waals surface area contributed by atoms with Crippen molar-refractivity contribution < 1.29 is 32.0 Å². The molecule has 138 valence electrons. The van der Waals surface area contributed by atoms with Crippen LogP contribution in [-0.2, 0) is 28.6 Å². The number of carbonyl (C=O) groups excluding carboxylic acids is 1. The summed E-state index contributed by atoms with van der Waals surface area (Å²) in [6.45, 7) is 0. The Labute approximate surface area is 142 Å². The van der Waals surface area contributed by atoms with Crippen LogP contribution in [0, 0.1) is 0 Å². The lowest BCUT2D eigenvalue weighted by Gasteiger charge is -2.24. The highest BCUT2D eigenvalue weighted by atomic mass is 32.2. The van der Waals surface area contributed by atoms with Crippen molar-refractivity contribution in [1.29, 1.82) is 0 Å². The van der Waals surface area contributed by atoms with Gasteiger partial charge in [-0.15, -0.1) is 0 Å². The Balaban J connectivity index is 1.93. The second-order valence-electron chi connectivity index (χ2n) is 6.63. The van der Waals surface area contributed by atoms with Crippen LogP contribution in [0.2, 0.25) is 0 Å². The lowest BCUT2D eigenvalue weighted by atomic mass is 9.98. The van der Waals surface area contributed by atoms with Crippen molar-refractivity contribution in [3.63, 3.8) is 0 Å². The summed E-state index contributed by atoms with van der Waals surface area (Å²) in [7, 11) is -4.36. The zero-order valence-corrected chi connectivity index (χ0v) is 14.6. The van der Waals surface area contributed by atoms with Crippen LogP contribution in [0.1, 0.15) is 70.6 Å². The number of hydrogen-bond acceptors (Lipinski definition) is 6. The van der Waals surface area contributed by atoms with Gasteiger partial charge in [0.05, 0.1) is 12.5 Å². The molecule has 2 saturated carbocycles. The van der Waals surface area contributed by atoms with Crippen LogP contribution in [0.5, 0.6) is 0 Å². The third-order valence-corrected chi connectivity index (χ3v) is 6.25. The Bertz CT molecular complexity index is 531. The molecular weight excluding hydrogens is 336 g/mol. The molecule has 0 amide bonds. The van der Waals surface area contributed by atoms with Gasteiger partial charge in [-0.1, -0.05) is 25.7 Å². The Morgan fingerprint density at radius 3 is 1.92 bits per heavy atom. The van der Waals surface area contributed by atoms with Gasteiger partial charge in [0.15, 0.2) is 5.25 Å². The molecule has 1 N–H and O–H groups in total. The van der Waals surface area contributed by atoms with Crippen LogP contribution in [0.25, 0.3) is 0 Å². The molecule has 1 atom stereocenters. The van der Waals surface area contributed by atoms with Gasteiger partial charge < -0.3 is 9.84 Å². The van der Waals surface area contributed by atoms with E-state index in [0.29, 0.717) is 12.8 Å². The largest absolute Gasteiger partial charge is 0.480 e. The lowest BCUT2D eigenvalue weighted by molar-refractivity contribution is -0.153. The van der Waals surface area contributed by atoms with E-state index >= 15 is 0 Å². The Morgan fingerprint density at radius 2 is 1.42 bits per heavy atom. The van der Waals surface area contributed by atoms with E-state index in [9.17, 15) is 23.1 Å². The molecule has 2 rings (SSSR count). The smallest absolute Gasteiger partial charge is 0.325 e. The number of ether oxygens (including phenoxy) is 1. The van der Waals surface area contributed by atoms with Crippen molar-refractivity contribution in [1.82, 2.24) is 0 Å². The molecule has 2 fully saturated rings. The van der Waals surface area contributed by atoms with Gasteiger partial charge in [0, 0.05) is 0 Å². The summed E-state index contributed by atoms with van der Waals surface area (Å²) in [5.41, 5.74) is 0. The minimum Gasteiger partial charge on any atom is -0.480 e. The molecule has 0 aliphatic heterocycles. The van der Waals surface area contributed by atoms with Crippen LogP contribution in [-0.4, -0.2) is 42.9 Å². The van der Waals surface area contributed by atoms with Crippen LogP contribution < -0.4 is 0 Å². The van der Waals surface area contributed by atoms with E-state index in [1.54, 1.807) is 0 Å². The topological polar surface area (TPSA) is 107 Å². The molecule has 24 heavy (non-hydrogen) atoms. The molecule has 2 aliphatic rings. The molecule has 1 unspecified atom stereocenters. The fourth-order valence-corrected chi connectivity index (χ4v) is 4.59. The first-order valence-corrected chi connectivity index (χ1v) is 10.2. The number of esters is 1. The highest BCUT2D eigenvalue weighted by Gasteiger charge is 2.38. The van der Waals surface area contributed by atoms with Gasteiger partial charge in [-0.25, -0.2) is 0 Å². The highest BCUT2D eigenvalue weighted by Crippen LogP contribution is 2.25. The number of hydrogen-bond donors (Lipinski definition) is 1. The molecule has 0 heterocycles. The molecule has 0 aromatic rings. The van der Waals surface area contributed by atoms with Crippen molar-refractivity contribution in [2.45, 2.75) is 88.1 Å². The summed E-state index contributed by atoms with van der Waals surface area (Å²) in [4.78, 5) is 23.3. The molecule has 0 aromatic carbocycles. The second kappa shape index (κ2) is 8.80. The van der Waals surface area contributed by atoms with E-state index in [1.807, 2.05) is 0 Å². The number of carbonyl (C=O) groups is 2. The van der Waals surface area contributed by atoms with Crippen LogP contribution >= 0.6 is 0 Å². The maximum atomic E-state index is 12.3. The first-order chi connectivity index (χ1) is 11.4. The van der Waals surface area contributed by atoms with Crippen molar-refractivity contribution >= 4 is 22.1 Å². The fraction of sp³-hybridized carbons (Fsp3) is 0.875. The van der Waals surface area contributed by atoms with E-state index in [-0.39, 0.29) is 6.10 Å². The zero-order chi connectivity index (χ0) is 17.6. The summed E-state index contributed by atoms with van der Waals surface area (Å²) in [5.74, 6) is -2.36. The van der Waals surface area contributed by atoms with E-state index in [2.05, 4.69) is 0 Å². The average molecular weight is 362 g/mol. The van der Waals surface area contributed by atoms with Crippen molar-refractivity contribution in [2.75, 3.05) is 0 Å². The fourth-order valence-electron chi connectivity index (χ4n) is 3.30. The predicted molar refractivity (Wildman–Crippen MR) is 85.9 cm³/mol. The summed E-state index contributed by atoms with van der Waals surface area (Å²) >= 11 is 0. The first-order valence-electron chi connectivity index (χ1n) is 8.73. The highest BCUT2D eigenvalue weighted by molar-refractivity contribution is 7.88. The predicted octanol–water partition coefficient (Wildman–Crippen LogP) is 2.38. The van der Waals surface area contributed by atoms with E-state index in [0.717, 1.165) is 51.4 Å². The molecule has 0 saturated heterocycles. The molecule has 8 heteroatoms. The zero-order valence-electron chi connectivity index (χ0n) is 13.8. The molecule has 0 aromatic heterocycles. The monoisotopic (exact) mass is 362 g/mol. The average Bonchev–Trinajstić information content (AvgIpc) is 2.53. The van der Waals surface area contributed by atoms with Gasteiger partial charge in [-0.2, -0.15) is 8.42 Å². The maximum Gasteiger partial charge on any atom is 0.325 e. The number of carboxylic acid groups (broad SMARTS) is 1. The normalized spacial score (nSPS) is 22.0. The molecular formula is C16H26O7S. The van der Waals surface area contributed by atoms with E-state index < -0.39 is 39.8 Å². The third kappa shape index (κ3) is 5.73. The Morgan fingerprint density at radius 1 is 0.917 bits per heavy atom. The number of aliphatic carboxylic acids is 1. The molecule has 0 radical (unpaired) electrons. The molecule has 2 aliphatic carbocycles. The summed E-state index contributed by atoms with van der Waals surface area (Å²) in [6, 6.07) is 0. The van der Waals surface area contributed by atoms with Gasteiger partial charge in [-0.05, 0) is 38.5 Å². The molecule has 0 spiro atoms. The van der Waals surface area contributed by atoms with E-state index in [4.69, 9.17) is 8.92 Å². The van der Waals surface area contributed by atoms with Gasteiger partial charge in [0.2, 0.25) is 0 Å². The summed E-state index contributed by atoms with van der Waals surface area (Å²) in [5, 5.41) is 7.32. The van der Waals surface area contributed by atoms with Crippen LogP contribution in [0.4, 0.5) is 0 Å². The van der Waals surface area contributed by atoms with Gasteiger partial charge in [-0.3, -0.25) is 13.8 Å². The number of carboxylic acids is 1. The van der Waals surface area contributed by atoms with Crippen LogP contribution in [0.15, 0.2) is 0 Å².